The molecule has 25 heavy (non-hydrogen) atoms. The molecule has 2 aromatic carbocycles. The molecular formula is C18H20ClN3O3. The first-order chi connectivity index (χ1) is 12.1. The van der Waals surface area contributed by atoms with E-state index in [1.165, 1.54) is 0 Å². The van der Waals surface area contributed by atoms with Crippen molar-refractivity contribution in [3.8, 4) is 0 Å². The number of carbonyl (C=O) groups excluding carboxylic acids is 2. The molecular weight excluding hydrogens is 342 g/mol. The second-order valence-corrected chi connectivity index (χ2v) is 5.67. The van der Waals surface area contributed by atoms with Crippen LogP contribution in [0.3, 0.4) is 0 Å². The second kappa shape index (κ2) is 9.66. The molecule has 3 N–H and O–H groups in total. The molecule has 0 unspecified atom stereocenters. The predicted octanol–water partition coefficient (Wildman–Crippen LogP) is 3.75. The Morgan fingerprint density at radius 3 is 2.48 bits per heavy atom. The molecule has 132 valence electrons. The van der Waals surface area contributed by atoms with E-state index in [4.69, 9.17) is 16.3 Å². The van der Waals surface area contributed by atoms with Crippen LogP contribution < -0.4 is 16.0 Å². The number of nitrogens with one attached hydrogen (secondary N) is 3. The van der Waals surface area contributed by atoms with Crippen molar-refractivity contribution < 1.29 is 14.3 Å². The average molecular weight is 362 g/mol. The first-order valence-electron chi connectivity index (χ1n) is 7.80. The fourth-order valence-corrected chi connectivity index (χ4v) is 2.25. The highest BCUT2D eigenvalue weighted by molar-refractivity contribution is 6.30. The Morgan fingerprint density at radius 1 is 1.04 bits per heavy atom. The zero-order valence-corrected chi connectivity index (χ0v) is 14.6. The monoisotopic (exact) mass is 361 g/mol. The quantitative estimate of drug-likeness (QED) is 0.657. The Kier molecular flexibility index (Phi) is 7.25. The molecule has 0 bridgehead atoms. The average Bonchev–Trinajstić information content (AvgIpc) is 2.61. The van der Waals surface area contributed by atoms with E-state index in [-0.39, 0.29) is 5.91 Å². The lowest BCUT2D eigenvalue weighted by Gasteiger charge is -2.12. The Bertz CT molecular complexity index is 720. The van der Waals surface area contributed by atoms with Crippen molar-refractivity contribution in [2.45, 2.75) is 6.42 Å². The van der Waals surface area contributed by atoms with E-state index in [1.54, 1.807) is 55.6 Å². The Balaban J connectivity index is 1.98. The summed E-state index contributed by atoms with van der Waals surface area (Å²) in [5.41, 5.74) is 1.42. The van der Waals surface area contributed by atoms with Gasteiger partial charge in [-0.2, -0.15) is 0 Å². The maximum absolute atomic E-state index is 12.3. The molecule has 0 radical (unpaired) electrons. The summed E-state index contributed by atoms with van der Waals surface area (Å²) in [6.45, 7) is 1.07. The molecule has 6 nitrogen and oxygen atoms in total. The molecule has 0 atom stereocenters. The van der Waals surface area contributed by atoms with Crippen molar-refractivity contribution in [1.82, 2.24) is 5.32 Å². The summed E-state index contributed by atoms with van der Waals surface area (Å²) in [6.07, 6.45) is 0.717. The number of rotatable bonds is 7. The number of ether oxygens (including phenoxy) is 1. The lowest BCUT2D eigenvalue weighted by Crippen LogP contribution is -2.27. The normalized spacial score (nSPS) is 10.2. The topological polar surface area (TPSA) is 79.5 Å². The molecule has 0 saturated heterocycles. The van der Waals surface area contributed by atoms with Crippen molar-refractivity contribution in [2.75, 3.05) is 30.9 Å². The minimum Gasteiger partial charge on any atom is -0.385 e. The van der Waals surface area contributed by atoms with Gasteiger partial charge in [0, 0.05) is 31.0 Å². The first-order valence-corrected chi connectivity index (χ1v) is 8.17. The van der Waals surface area contributed by atoms with Crippen LogP contribution in [0, 0.1) is 0 Å². The van der Waals surface area contributed by atoms with Crippen molar-refractivity contribution in [3.05, 3.63) is 59.1 Å². The van der Waals surface area contributed by atoms with Crippen LogP contribution >= 0.6 is 11.6 Å². The third kappa shape index (κ3) is 6.10. The molecule has 0 heterocycles. The van der Waals surface area contributed by atoms with Gasteiger partial charge < -0.3 is 20.7 Å². The van der Waals surface area contributed by atoms with E-state index in [0.717, 1.165) is 6.42 Å². The number of benzene rings is 2. The predicted molar refractivity (Wildman–Crippen MR) is 99.4 cm³/mol. The Labute approximate surface area is 151 Å². The van der Waals surface area contributed by atoms with E-state index in [9.17, 15) is 9.59 Å². The number of urea groups is 1. The van der Waals surface area contributed by atoms with Gasteiger partial charge in [-0.05, 0) is 42.8 Å². The molecule has 0 aliphatic rings. The standard InChI is InChI=1S/C18H20ClN3O3/c1-25-12-4-11-20-17(23)15-5-2-3-6-16(15)22-18(24)21-14-9-7-13(19)8-10-14/h2-3,5-10H,4,11-12H2,1H3,(H,20,23)(H2,21,22,24). The fourth-order valence-electron chi connectivity index (χ4n) is 2.12. The maximum Gasteiger partial charge on any atom is 0.323 e. The number of carbonyl (C=O) groups is 2. The van der Waals surface area contributed by atoms with Crippen LogP contribution in [-0.2, 0) is 4.74 Å². The highest BCUT2D eigenvalue weighted by Crippen LogP contribution is 2.17. The molecule has 2 aromatic rings. The number of hydrogen-bond acceptors (Lipinski definition) is 3. The number of para-hydroxylation sites is 1. The van der Waals surface area contributed by atoms with Crippen LogP contribution in [0.5, 0.6) is 0 Å². The van der Waals surface area contributed by atoms with E-state index in [0.29, 0.717) is 35.1 Å². The van der Waals surface area contributed by atoms with Crippen LogP contribution in [0.1, 0.15) is 16.8 Å². The summed E-state index contributed by atoms with van der Waals surface area (Å²) in [5.74, 6) is -0.251. The smallest absolute Gasteiger partial charge is 0.323 e. The third-order valence-electron chi connectivity index (χ3n) is 3.33. The largest absolute Gasteiger partial charge is 0.385 e. The number of amides is 3. The molecule has 0 spiro atoms. The molecule has 0 aliphatic carbocycles. The molecule has 0 saturated carbocycles. The highest BCUT2D eigenvalue weighted by Gasteiger charge is 2.12. The molecule has 0 aliphatic heterocycles. The zero-order valence-electron chi connectivity index (χ0n) is 13.8. The summed E-state index contributed by atoms with van der Waals surface area (Å²) in [7, 11) is 1.61. The van der Waals surface area contributed by atoms with Gasteiger partial charge in [-0.15, -0.1) is 0 Å². The SMILES string of the molecule is COCCCNC(=O)c1ccccc1NC(=O)Nc1ccc(Cl)cc1. The zero-order chi connectivity index (χ0) is 18.1. The van der Waals surface area contributed by atoms with Crippen molar-refractivity contribution in [3.63, 3.8) is 0 Å². The number of anilines is 2. The number of hydrogen-bond donors (Lipinski definition) is 3. The molecule has 3 amide bonds. The summed E-state index contributed by atoms with van der Waals surface area (Å²) in [4.78, 5) is 24.4. The van der Waals surface area contributed by atoms with Gasteiger partial charge in [-0.3, -0.25) is 4.79 Å². The van der Waals surface area contributed by atoms with E-state index < -0.39 is 6.03 Å². The Hall–Kier alpha value is -2.57. The van der Waals surface area contributed by atoms with Crippen LogP contribution in [-0.4, -0.2) is 32.2 Å². The van der Waals surface area contributed by atoms with Gasteiger partial charge in [0.1, 0.15) is 0 Å². The minimum absolute atomic E-state index is 0.251. The van der Waals surface area contributed by atoms with Crippen LogP contribution in [0.15, 0.2) is 48.5 Å². The van der Waals surface area contributed by atoms with Crippen molar-refractivity contribution in [1.29, 1.82) is 0 Å². The van der Waals surface area contributed by atoms with Crippen molar-refractivity contribution >= 4 is 34.9 Å². The highest BCUT2D eigenvalue weighted by atomic mass is 35.5. The van der Waals surface area contributed by atoms with Gasteiger partial charge in [0.2, 0.25) is 0 Å². The van der Waals surface area contributed by atoms with Crippen LogP contribution in [0.4, 0.5) is 16.2 Å². The molecule has 2 rings (SSSR count). The van der Waals surface area contributed by atoms with E-state index >= 15 is 0 Å². The fraction of sp³-hybridized carbons (Fsp3) is 0.222. The van der Waals surface area contributed by atoms with Crippen LogP contribution in [0.25, 0.3) is 0 Å². The van der Waals surface area contributed by atoms with E-state index in [1.807, 2.05) is 0 Å². The number of halogens is 1. The summed E-state index contributed by atoms with van der Waals surface area (Å²) in [5, 5.41) is 8.76. The van der Waals surface area contributed by atoms with Crippen LogP contribution in [0.2, 0.25) is 5.02 Å². The first kappa shape index (κ1) is 18.8. The van der Waals surface area contributed by atoms with Gasteiger partial charge in [0.25, 0.3) is 5.91 Å². The van der Waals surface area contributed by atoms with E-state index in [2.05, 4.69) is 16.0 Å². The summed E-state index contributed by atoms with van der Waals surface area (Å²) in [6, 6.07) is 13.1. The second-order valence-electron chi connectivity index (χ2n) is 5.23. The maximum atomic E-state index is 12.3. The van der Waals surface area contributed by atoms with Gasteiger partial charge in [-0.1, -0.05) is 23.7 Å². The minimum atomic E-state index is -0.443. The number of methoxy groups -OCH3 is 1. The third-order valence-corrected chi connectivity index (χ3v) is 3.58. The van der Waals surface area contributed by atoms with Gasteiger partial charge in [0.05, 0.1) is 11.3 Å². The summed E-state index contributed by atoms with van der Waals surface area (Å²) >= 11 is 5.81. The molecule has 0 aromatic heterocycles. The molecule has 0 fully saturated rings. The summed E-state index contributed by atoms with van der Waals surface area (Å²) < 4.78 is 4.94. The lowest BCUT2D eigenvalue weighted by molar-refractivity contribution is 0.0949. The molecule has 7 heteroatoms. The Morgan fingerprint density at radius 2 is 1.76 bits per heavy atom. The lowest BCUT2D eigenvalue weighted by atomic mass is 10.1. The van der Waals surface area contributed by atoms with Crippen molar-refractivity contribution in [2.24, 2.45) is 0 Å². The van der Waals surface area contributed by atoms with Gasteiger partial charge >= 0.3 is 6.03 Å². The van der Waals surface area contributed by atoms with Gasteiger partial charge in [-0.25, -0.2) is 4.79 Å². The van der Waals surface area contributed by atoms with Gasteiger partial charge in [0.15, 0.2) is 0 Å².